The molecule has 0 aromatic carbocycles. The molecule has 116 valence electrons. The number of methoxy groups -OCH3 is 2. The van der Waals surface area contributed by atoms with Crippen LogP contribution in [0.2, 0.25) is 0 Å². The van der Waals surface area contributed by atoms with Crippen LogP contribution in [0.4, 0.5) is 5.13 Å². The molecule has 8 nitrogen and oxygen atoms in total. The number of ether oxygens (including phenoxy) is 2. The summed E-state index contributed by atoms with van der Waals surface area (Å²) in [7, 11) is 2.47. The number of hydrogen-bond acceptors (Lipinski definition) is 8. The van der Waals surface area contributed by atoms with E-state index in [9.17, 15) is 14.4 Å². The van der Waals surface area contributed by atoms with Crippen LogP contribution in [-0.4, -0.2) is 61.6 Å². The van der Waals surface area contributed by atoms with Crippen LogP contribution < -0.4 is 5.32 Å². The third kappa shape index (κ3) is 6.32. The molecule has 0 aliphatic rings. The smallest absolute Gasteiger partial charge is 0.319 e. The molecule has 1 N–H and O–H groups in total. The van der Waals surface area contributed by atoms with Gasteiger partial charge in [-0.05, 0) is 6.92 Å². The fraction of sp³-hybridized carbons (Fsp3) is 0.500. The van der Waals surface area contributed by atoms with E-state index in [4.69, 9.17) is 0 Å². The van der Waals surface area contributed by atoms with Crippen molar-refractivity contribution in [3.8, 4) is 0 Å². The van der Waals surface area contributed by atoms with Crippen molar-refractivity contribution in [2.75, 3.05) is 39.2 Å². The van der Waals surface area contributed by atoms with Gasteiger partial charge in [0, 0.05) is 5.38 Å². The second-order valence-electron chi connectivity index (χ2n) is 4.14. The van der Waals surface area contributed by atoms with Gasteiger partial charge in [0.1, 0.15) is 0 Å². The second-order valence-corrected chi connectivity index (χ2v) is 5.00. The molecule has 0 fully saturated rings. The molecule has 0 bridgehead atoms. The van der Waals surface area contributed by atoms with E-state index in [1.165, 1.54) is 30.5 Å². The summed E-state index contributed by atoms with van der Waals surface area (Å²) in [6, 6.07) is 0. The van der Waals surface area contributed by atoms with Crippen LogP contribution in [0.5, 0.6) is 0 Å². The molecule has 21 heavy (non-hydrogen) atoms. The monoisotopic (exact) mass is 315 g/mol. The first-order valence-electron chi connectivity index (χ1n) is 6.02. The molecule has 0 aliphatic carbocycles. The number of hydrogen-bond donors (Lipinski definition) is 1. The quantitative estimate of drug-likeness (QED) is 0.709. The van der Waals surface area contributed by atoms with Crippen LogP contribution in [-0.2, 0) is 23.9 Å². The molecule has 0 spiro atoms. The minimum absolute atomic E-state index is 0.150. The van der Waals surface area contributed by atoms with E-state index in [1.54, 1.807) is 5.38 Å². The maximum absolute atomic E-state index is 11.9. The van der Waals surface area contributed by atoms with Gasteiger partial charge in [-0.25, -0.2) is 4.98 Å². The SMILES string of the molecule is COC(=O)CN(CC(=O)Nc1nc(C)cs1)CC(=O)OC. The Kier molecular flexibility index (Phi) is 6.76. The van der Waals surface area contributed by atoms with Crippen LogP contribution in [0.15, 0.2) is 5.38 Å². The lowest BCUT2D eigenvalue weighted by atomic mass is 10.4. The van der Waals surface area contributed by atoms with Gasteiger partial charge in [-0.1, -0.05) is 0 Å². The molecular weight excluding hydrogens is 298 g/mol. The molecule has 0 aliphatic heterocycles. The lowest BCUT2D eigenvalue weighted by Gasteiger charge is -2.18. The average Bonchev–Trinajstić information content (AvgIpc) is 2.83. The Morgan fingerprint density at radius 1 is 1.19 bits per heavy atom. The topological polar surface area (TPSA) is 97.8 Å². The molecular formula is C12H17N3O5S. The van der Waals surface area contributed by atoms with Crippen molar-refractivity contribution in [2.24, 2.45) is 0 Å². The normalized spacial score (nSPS) is 10.3. The summed E-state index contributed by atoms with van der Waals surface area (Å²) in [5, 5.41) is 4.87. The minimum atomic E-state index is -0.545. The average molecular weight is 315 g/mol. The molecule has 1 amide bonds. The second kappa shape index (κ2) is 8.32. The van der Waals surface area contributed by atoms with Gasteiger partial charge in [-0.15, -0.1) is 11.3 Å². The number of esters is 2. The van der Waals surface area contributed by atoms with Gasteiger partial charge in [0.05, 0.1) is 39.5 Å². The Hall–Kier alpha value is -2.00. The summed E-state index contributed by atoms with van der Waals surface area (Å²) in [5.74, 6) is -1.47. The maximum Gasteiger partial charge on any atom is 0.319 e. The van der Waals surface area contributed by atoms with Crippen LogP contribution in [0, 0.1) is 6.92 Å². The molecule has 0 saturated carbocycles. The first-order valence-corrected chi connectivity index (χ1v) is 6.90. The summed E-state index contributed by atoms with van der Waals surface area (Å²) in [5.41, 5.74) is 0.802. The van der Waals surface area contributed by atoms with E-state index >= 15 is 0 Å². The van der Waals surface area contributed by atoms with E-state index in [-0.39, 0.29) is 25.5 Å². The summed E-state index contributed by atoms with van der Waals surface area (Å²) in [4.78, 5) is 39.9. The predicted octanol–water partition coefficient (Wildman–Crippen LogP) is 0.0380. The Balaban J connectivity index is 2.59. The summed E-state index contributed by atoms with van der Waals surface area (Å²) < 4.78 is 9.05. The van der Waals surface area contributed by atoms with Gasteiger partial charge < -0.3 is 14.8 Å². The number of nitrogens with zero attached hydrogens (tertiary/aromatic N) is 2. The van der Waals surface area contributed by atoms with Crippen molar-refractivity contribution in [1.82, 2.24) is 9.88 Å². The minimum Gasteiger partial charge on any atom is -0.468 e. The van der Waals surface area contributed by atoms with Gasteiger partial charge >= 0.3 is 11.9 Å². The number of carbonyl (C=O) groups is 3. The zero-order valence-corrected chi connectivity index (χ0v) is 12.9. The highest BCUT2D eigenvalue weighted by Gasteiger charge is 2.19. The third-order valence-corrected chi connectivity index (χ3v) is 3.27. The number of aromatic nitrogens is 1. The van der Waals surface area contributed by atoms with E-state index in [0.29, 0.717) is 5.13 Å². The largest absolute Gasteiger partial charge is 0.468 e. The summed E-state index contributed by atoms with van der Waals surface area (Å²) >= 11 is 1.30. The lowest BCUT2D eigenvalue weighted by molar-refractivity contribution is -0.145. The van der Waals surface area contributed by atoms with E-state index in [1.807, 2.05) is 6.92 Å². The van der Waals surface area contributed by atoms with Crippen molar-refractivity contribution < 1.29 is 23.9 Å². The number of amides is 1. The van der Waals surface area contributed by atoms with E-state index in [0.717, 1.165) is 5.69 Å². The molecule has 0 radical (unpaired) electrons. The van der Waals surface area contributed by atoms with Crippen LogP contribution in [0.3, 0.4) is 0 Å². The summed E-state index contributed by atoms with van der Waals surface area (Å²) in [6.07, 6.45) is 0. The van der Waals surface area contributed by atoms with Gasteiger partial charge in [0.2, 0.25) is 5.91 Å². The first kappa shape index (κ1) is 17.1. The fourth-order valence-electron chi connectivity index (χ4n) is 1.44. The first-order chi connectivity index (χ1) is 9.94. The van der Waals surface area contributed by atoms with E-state index < -0.39 is 11.9 Å². The highest BCUT2D eigenvalue weighted by molar-refractivity contribution is 7.13. The van der Waals surface area contributed by atoms with Gasteiger partial charge in [-0.2, -0.15) is 0 Å². The van der Waals surface area contributed by atoms with Crippen molar-refractivity contribution in [2.45, 2.75) is 6.92 Å². The predicted molar refractivity (Wildman–Crippen MR) is 76.0 cm³/mol. The third-order valence-electron chi connectivity index (χ3n) is 2.39. The Morgan fingerprint density at radius 2 is 1.76 bits per heavy atom. The van der Waals surface area contributed by atoms with Crippen LogP contribution in [0.1, 0.15) is 5.69 Å². The molecule has 1 heterocycles. The van der Waals surface area contributed by atoms with Crippen molar-refractivity contribution in [1.29, 1.82) is 0 Å². The fourth-order valence-corrected chi connectivity index (χ4v) is 2.14. The van der Waals surface area contributed by atoms with E-state index in [2.05, 4.69) is 19.8 Å². The zero-order valence-electron chi connectivity index (χ0n) is 12.0. The molecule has 0 saturated heterocycles. The Labute approximate surface area is 126 Å². The Bertz CT molecular complexity index is 499. The number of aryl methyl sites for hydroxylation is 1. The Morgan fingerprint density at radius 3 is 2.19 bits per heavy atom. The van der Waals surface area contributed by atoms with Crippen molar-refractivity contribution in [3.63, 3.8) is 0 Å². The number of nitrogens with one attached hydrogen (secondary N) is 1. The number of carbonyl (C=O) groups excluding carboxylic acids is 3. The van der Waals surface area contributed by atoms with Crippen molar-refractivity contribution in [3.05, 3.63) is 11.1 Å². The molecule has 1 rings (SSSR count). The molecule has 9 heteroatoms. The number of anilines is 1. The number of thiazole rings is 1. The van der Waals surface area contributed by atoms with Crippen LogP contribution in [0.25, 0.3) is 0 Å². The number of rotatable bonds is 7. The van der Waals surface area contributed by atoms with Crippen LogP contribution >= 0.6 is 11.3 Å². The highest BCUT2D eigenvalue weighted by Crippen LogP contribution is 2.14. The highest BCUT2D eigenvalue weighted by atomic mass is 32.1. The zero-order chi connectivity index (χ0) is 15.8. The standard InChI is InChI=1S/C12H17N3O5S/c1-8-7-21-12(13-8)14-9(16)4-15(5-10(17)19-2)6-11(18)20-3/h7H,4-6H2,1-3H3,(H,13,14,16). The molecule has 1 aromatic heterocycles. The lowest BCUT2D eigenvalue weighted by Crippen LogP contribution is -2.40. The molecule has 0 atom stereocenters. The van der Waals surface area contributed by atoms with Gasteiger partial charge in [0.25, 0.3) is 0 Å². The van der Waals surface area contributed by atoms with Gasteiger partial charge in [-0.3, -0.25) is 19.3 Å². The van der Waals surface area contributed by atoms with Gasteiger partial charge in [0.15, 0.2) is 5.13 Å². The maximum atomic E-state index is 11.9. The molecule has 0 unspecified atom stereocenters. The molecule has 1 aromatic rings. The summed E-state index contributed by atoms with van der Waals surface area (Å²) in [6.45, 7) is 1.29. The van der Waals surface area contributed by atoms with Crippen molar-refractivity contribution >= 4 is 34.3 Å².